The molecule has 0 aliphatic carbocycles. The number of ether oxygens (including phenoxy) is 1. The van der Waals surface area contributed by atoms with Crippen LogP contribution in [-0.2, 0) is 19.6 Å². The molecule has 0 radical (unpaired) electrons. The Morgan fingerprint density at radius 3 is 2.33 bits per heavy atom. The molecule has 0 fully saturated rings. The van der Waals surface area contributed by atoms with Crippen molar-refractivity contribution in [3.05, 3.63) is 77.9 Å². The first-order valence-electron chi connectivity index (χ1n) is 10.3. The average molecular weight is 466 g/mol. The first-order valence-corrected chi connectivity index (χ1v) is 11.7. The highest BCUT2D eigenvalue weighted by molar-refractivity contribution is 7.92. The molecule has 9 heteroatoms. The molecule has 0 aromatic heterocycles. The predicted octanol–water partition coefficient (Wildman–Crippen LogP) is 3.47. The summed E-state index contributed by atoms with van der Waals surface area (Å²) in [5.74, 6) is -0.192. The first kappa shape index (κ1) is 22.3. The molecule has 4 rings (SSSR count). The Morgan fingerprint density at radius 1 is 0.970 bits per heavy atom. The van der Waals surface area contributed by atoms with Gasteiger partial charge in [0.05, 0.1) is 16.3 Å². The Labute approximate surface area is 192 Å². The number of amides is 2. The molecule has 2 amide bonds. The van der Waals surface area contributed by atoms with Crippen molar-refractivity contribution < 1.29 is 22.7 Å². The van der Waals surface area contributed by atoms with Crippen LogP contribution in [0.2, 0.25) is 0 Å². The standard InChI is InChI=1S/C24H23N3O5S/c1-16-6-5-7-17(2)24(16)26-33(30,31)19-12-10-18(11-13-19)25-22(28)14-27-20-8-3-4-9-21(20)32-15-23(27)29/h3-13,26H,14-15H2,1-2H3,(H,25,28). The normalized spacial score (nSPS) is 13.2. The summed E-state index contributed by atoms with van der Waals surface area (Å²) in [6, 6.07) is 18.4. The minimum absolute atomic E-state index is 0.0698. The van der Waals surface area contributed by atoms with E-state index in [0.29, 0.717) is 22.8 Å². The number of sulfonamides is 1. The van der Waals surface area contributed by atoms with Gasteiger partial charge in [-0.1, -0.05) is 30.3 Å². The molecule has 1 aliphatic heterocycles. The van der Waals surface area contributed by atoms with Crippen LogP contribution in [-0.4, -0.2) is 33.4 Å². The quantitative estimate of drug-likeness (QED) is 0.580. The Balaban J connectivity index is 1.45. The van der Waals surface area contributed by atoms with Crippen LogP contribution in [0.3, 0.4) is 0 Å². The molecule has 3 aromatic rings. The van der Waals surface area contributed by atoms with Crippen LogP contribution < -0.4 is 19.7 Å². The molecule has 0 unspecified atom stereocenters. The maximum atomic E-state index is 12.8. The lowest BCUT2D eigenvalue weighted by Gasteiger charge is -2.28. The predicted molar refractivity (Wildman–Crippen MR) is 126 cm³/mol. The number of anilines is 3. The van der Waals surface area contributed by atoms with Crippen LogP contribution in [0.25, 0.3) is 0 Å². The smallest absolute Gasteiger partial charge is 0.265 e. The van der Waals surface area contributed by atoms with Crippen molar-refractivity contribution in [3.63, 3.8) is 0 Å². The van der Waals surface area contributed by atoms with Crippen molar-refractivity contribution in [2.45, 2.75) is 18.7 Å². The Kier molecular flexibility index (Phi) is 6.06. The van der Waals surface area contributed by atoms with Crippen molar-refractivity contribution in [2.75, 3.05) is 28.1 Å². The molecule has 0 spiro atoms. The SMILES string of the molecule is Cc1cccc(C)c1NS(=O)(=O)c1ccc(NC(=O)CN2C(=O)COc3ccccc32)cc1. The fourth-order valence-electron chi connectivity index (χ4n) is 3.56. The first-order chi connectivity index (χ1) is 15.7. The molecular weight excluding hydrogens is 442 g/mol. The van der Waals surface area contributed by atoms with Crippen LogP contribution in [0, 0.1) is 13.8 Å². The van der Waals surface area contributed by atoms with Crippen molar-refractivity contribution >= 4 is 38.9 Å². The molecule has 0 atom stereocenters. The number of rotatable bonds is 6. The lowest BCUT2D eigenvalue weighted by Crippen LogP contribution is -2.43. The number of carbonyl (C=O) groups excluding carboxylic acids is 2. The van der Waals surface area contributed by atoms with E-state index in [4.69, 9.17) is 4.74 Å². The summed E-state index contributed by atoms with van der Waals surface area (Å²) >= 11 is 0. The lowest BCUT2D eigenvalue weighted by molar-refractivity contribution is -0.123. The van der Waals surface area contributed by atoms with Crippen molar-refractivity contribution in [1.29, 1.82) is 0 Å². The molecule has 2 N–H and O–H groups in total. The van der Waals surface area contributed by atoms with Gasteiger partial charge in [-0.3, -0.25) is 19.2 Å². The second-order valence-corrected chi connectivity index (χ2v) is 9.36. The third kappa shape index (κ3) is 4.83. The van der Waals surface area contributed by atoms with Crippen LogP contribution in [0.5, 0.6) is 5.75 Å². The monoisotopic (exact) mass is 465 g/mol. The summed E-state index contributed by atoms with van der Waals surface area (Å²) in [4.78, 5) is 26.2. The summed E-state index contributed by atoms with van der Waals surface area (Å²) in [7, 11) is -3.80. The third-order valence-electron chi connectivity index (χ3n) is 5.28. The highest BCUT2D eigenvalue weighted by Gasteiger charge is 2.27. The minimum atomic E-state index is -3.80. The number of carbonyl (C=O) groups is 2. The van der Waals surface area contributed by atoms with Gasteiger partial charge in [0.1, 0.15) is 12.3 Å². The fraction of sp³-hybridized carbons (Fsp3) is 0.167. The number of nitrogens with one attached hydrogen (secondary N) is 2. The van der Waals surface area contributed by atoms with Gasteiger partial charge in [0.25, 0.3) is 15.9 Å². The second-order valence-electron chi connectivity index (χ2n) is 7.68. The van der Waals surface area contributed by atoms with Gasteiger partial charge in [0.2, 0.25) is 5.91 Å². The van der Waals surface area contributed by atoms with Crippen LogP contribution in [0.4, 0.5) is 17.1 Å². The number of hydrogen-bond donors (Lipinski definition) is 2. The number of fused-ring (bicyclic) bond motifs is 1. The molecule has 0 bridgehead atoms. The molecule has 1 aliphatic rings. The van der Waals surface area contributed by atoms with Gasteiger partial charge < -0.3 is 10.1 Å². The number of para-hydroxylation sites is 3. The van der Waals surface area contributed by atoms with Gasteiger partial charge in [-0.15, -0.1) is 0 Å². The van der Waals surface area contributed by atoms with Gasteiger partial charge in [-0.2, -0.15) is 0 Å². The van der Waals surface area contributed by atoms with E-state index in [9.17, 15) is 18.0 Å². The van der Waals surface area contributed by atoms with Crippen molar-refractivity contribution in [2.24, 2.45) is 0 Å². The zero-order chi connectivity index (χ0) is 23.6. The highest BCUT2D eigenvalue weighted by Crippen LogP contribution is 2.31. The van der Waals surface area contributed by atoms with E-state index in [1.165, 1.54) is 29.2 Å². The van der Waals surface area contributed by atoms with E-state index < -0.39 is 15.9 Å². The molecule has 33 heavy (non-hydrogen) atoms. The van der Waals surface area contributed by atoms with E-state index in [1.54, 1.807) is 24.3 Å². The molecule has 1 heterocycles. The van der Waals surface area contributed by atoms with Crippen LogP contribution in [0.1, 0.15) is 11.1 Å². The Bertz CT molecular complexity index is 1300. The maximum absolute atomic E-state index is 12.8. The van der Waals surface area contributed by atoms with Gasteiger partial charge in [0, 0.05) is 5.69 Å². The van der Waals surface area contributed by atoms with Gasteiger partial charge in [0.15, 0.2) is 6.61 Å². The highest BCUT2D eigenvalue weighted by atomic mass is 32.2. The van der Waals surface area contributed by atoms with E-state index in [0.717, 1.165) is 11.1 Å². The second kappa shape index (κ2) is 8.95. The van der Waals surface area contributed by atoms with E-state index >= 15 is 0 Å². The zero-order valence-corrected chi connectivity index (χ0v) is 19.0. The number of aryl methyl sites for hydroxylation is 2. The van der Waals surface area contributed by atoms with Crippen molar-refractivity contribution in [3.8, 4) is 5.75 Å². The molecule has 170 valence electrons. The van der Waals surface area contributed by atoms with Crippen molar-refractivity contribution in [1.82, 2.24) is 0 Å². The fourth-order valence-corrected chi connectivity index (χ4v) is 4.76. The topological polar surface area (TPSA) is 105 Å². The molecule has 8 nitrogen and oxygen atoms in total. The summed E-state index contributed by atoms with van der Waals surface area (Å²) < 4.78 is 33.6. The van der Waals surface area contributed by atoms with Gasteiger partial charge in [-0.05, 0) is 61.4 Å². The Hall–Kier alpha value is -3.85. The number of benzene rings is 3. The van der Waals surface area contributed by atoms with E-state index in [-0.39, 0.29) is 24.0 Å². The largest absolute Gasteiger partial charge is 0.482 e. The van der Waals surface area contributed by atoms with Crippen LogP contribution >= 0.6 is 0 Å². The zero-order valence-electron chi connectivity index (χ0n) is 18.2. The summed E-state index contributed by atoms with van der Waals surface area (Å²) in [6.07, 6.45) is 0. The summed E-state index contributed by atoms with van der Waals surface area (Å²) in [6.45, 7) is 3.35. The van der Waals surface area contributed by atoms with Gasteiger partial charge in [-0.25, -0.2) is 8.42 Å². The van der Waals surface area contributed by atoms with Gasteiger partial charge >= 0.3 is 0 Å². The summed E-state index contributed by atoms with van der Waals surface area (Å²) in [5, 5.41) is 2.70. The molecule has 0 saturated carbocycles. The Morgan fingerprint density at radius 2 is 1.64 bits per heavy atom. The number of nitrogens with zero attached hydrogens (tertiary/aromatic N) is 1. The molecule has 3 aromatic carbocycles. The average Bonchev–Trinajstić information content (AvgIpc) is 2.79. The lowest BCUT2D eigenvalue weighted by atomic mass is 10.1. The minimum Gasteiger partial charge on any atom is -0.482 e. The molecule has 0 saturated heterocycles. The molecular formula is C24H23N3O5S. The van der Waals surface area contributed by atoms with Crippen LogP contribution in [0.15, 0.2) is 71.6 Å². The maximum Gasteiger partial charge on any atom is 0.265 e. The van der Waals surface area contributed by atoms with E-state index in [2.05, 4.69) is 10.0 Å². The summed E-state index contributed by atoms with van der Waals surface area (Å²) in [5.41, 5.74) is 3.14. The number of hydrogen-bond acceptors (Lipinski definition) is 5. The van der Waals surface area contributed by atoms with E-state index in [1.807, 2.05) is 32.0 Å². The third-order valence-corrected chi connectivity index (χ3v) is 6.64.